The molecule has 0 saturated carbocycles. The maximum absolute atomic E-state index is 11.9. The quantitative estimate of drug-likeness (QED) is 0.806. The summed E-state index contributed by atoms with van der Waals surface area (Å²) in [7, 11) is 0. The summed E-state index contributed by atoms with van der Waals surface area (Å²) in [6.07, 6.45) is 0. The van der Waals surface area contributed by atoms with Gasteiger partial charge >= 0.3 is 5.97 Å². The van der Waals surface area contributed by atoms with E-state index in [0.29, 0.717) is 5.76 Å². The number of phenolic OH excluding ortho intramolecular Hbond substituents is 1. The van der Waals surface area contributed by atoms with Crippen LogP contribution in [0.5, 0.6) is 5.75 Å². The first-order valence-electron chi connectivity index (χ1n) is 5.98. The Morgan fingerprint density at radius 1 is 1.33 bits per heavy atom. The van der Waals surface area contributed by atoms with Gasteiger partial charge in [0.25, 0.3) is 5.91 Å². The summed E-state index contributed by atoms with van der Waals surface area (Å²) >= 11 is 5.72. The van der Waals surface area contributed by atoms with Crippen LogP contribution in [0.4, 0.5) is 0 Å². The van der Waals surface area contributed by atoms with Gasteiger partial charge in [0.05, 0.1) is 11.6 Å². The lowest BCUT2D eigenvalue weighted by molar-refractivity contribution is 0.0694. The molecule has 2 rings (SSSR count). The number of furan rings is 1. The second kappa shape index (κ2) is 5.88. The molecule has 0 saturated heterocycles. The van der Waals surface area contributed by atoms with Gasteiger partial charge in [-0.25, -0.2) is 4.79 Å². The molecule has 110 valence electrons. The predicted octanol–water partition coefficient (Wildman–Crippen LogP) is 2.58. The monoisotopic (exact) mass is 309 g/mol. The molecular weight excluding hydrogens is 298 g/mol. The molecule has 0 aliphatic rings. The van der Waals surface area contributed by atoms with Gasteiger partial charge in [0.2, 0.25) is 0 Å². The van der Waals surface area contributed by atoms with Crippen LogP contribution in [0.1, 0.15) is 32.2 Å². The van der Waals surface area contributed by atoms with E-state index in [4.69, 9.17) is 21.1 Å². The molecule has 0 aliphatic carbocycles. The summed E-state index contributed by atoms with van der Waals surface area (Å²) in [5.41, 5.74) is 0.339. The van der Waals surface area contributed by atoms with Gasteiger partial charge < -0.3 is 19.9 Å². The van der Waals surface area contributed by atoms with E-state index in [0.717, 1.165) is 0 Å². The lowest BCUT2D eigenvalue weighted by atomic mass is 10.2. The van der Waals surface area contributed by atoms with Crippen molar-refractivity contribution in [2.45, 2.75) is 13.5 Å². The van der Waals surface area contributed by atoms with E-state index in [1.165, 1.54) is 31.2 Å². The third-order valence-corrected chi connectivity index (χ3v) is 3.13. The molecule has 0 radical (unpaired) electrons. The topological polar surface area (TPSA) is 99.8 Å². The van der Waals surface area contributed by atoms with Crippen molar-refractivity contribution >= 4 is 23.5 Å². The molecule has 1 heterocycles. The van der Waals surface area contributed by atoms with Crippen molar-refractivity contribution in [2.75, 3.05) is 0 Å². The summed E-state index contributed by atoms with van der Waals surface area (Å²) in [5.74, 6) is -0.995. The maximum Gasteiger partial charge on any atom is 0.339 e. The molecule has 1 amide bonds. The number of aromatic hydroxyl groups is 1. The number of halogens is 1. The predicted molar refractivity (Wildman–Crippen MR) is 74.7 cm³/mol. The molecule has 6 nitrogen and oxygen atoms in total. The van der Waals surface area contributed by atoms with Crippen LogP contribution in [0.3, 0.4) is 0 Å². The molecule has 1 aromatic heterocycles. The summed E-state index contributed by atoms with van der Waals surface area (Å²) < 4.78 is 5.24. The van der Waals surface area contributed by atoms with E-state index in [1.54, 1.807) is 0 Å². The highest BCUT2D eigenvalue weighted by Crippen LogP contribution is 2.23. The summed E-state index contributed by atoms with van der Waals surface area (Å²) in [5, 5.41) is 20.8. The van der Waals surface area contributed by atoms with Crippen LogP contribution in [-0.2, 0) is 6.54 Å². The number of amides is 1. The van der Waals surface area contributed by atoms with Gasteiger partial charge in [-0.1, -0.05) is 11.6 Å². The number of aryl methyl sites for hydroxylation is 1. The minimum Gasteiger partial charge on any atom is -0.506 e. The average molecular weight is 310 g/mol. The van der Waals surface area contributed by atoms with Gasteiger partial charge in [0.15, 0.2) is 0 Å². The number of carbonyl (C=O) groups excluding carboxylic acids is 1. The second-order valence-corrected chi connectivity index (χ2v) is 4.74. The molecule has 21 heavy (non-hydrogen) atoms. The van der Waals surface area contributed by atoms with Crippen LogP contribution < -0.4 is 5.32 Å². The van der Waals surface area contributed by atoms with Crippen molar-refractivity contribution in [2.24, 2.45) is 0 Å². The normalized spacial score (nSPS) is 10.4. The van der Waals surface area contributed by atoms with Crippen LogP contribution >= 0.6 is 11.6 Å². The summed E-state index contributed by atoms with van der Waals surface area (Å²) in [6.45, 7) is 1.58. The van der Waals surface area contributed by atoms with Gasteiger partial charge in [-0.15, -0.1) is 0 Å². The highest BCUT2D eigenvalue weighted by Gasteiger charge is 2.14. The Morgan fingerprint density at radius 3 is 2.62 bits per heavy atom. The Morgan fingerprint density at radius 2 is 2.05 bits per heavy atom. The van der Waals surface area contributed by atoms with Crippen molar-refractivity contribution in [1.82, 2.24) is 5.32 Å². The van der Waals surface area contributed by atoms with E-state index in [9.17, 15) is 14.7 Å². The van der Waals surface area contributed by atoms with Crippen LogP contribution in [0.25, 0.3) is 0 Å². The minimum absolute atomic E-state index is 0.0471. The van der Waals surface area contributed by atoms with Gasteiger partial charge in [0.1, 0.15) is 22.8 Å². The van der Waals surface area contributed by atoms with E-state index < -0.39 is 11.9 Å². The fourth-order valence-electron chi connectivity index (χ4n) is 1.76. The van der Waals surface area contributed by atoms with Crippen molar-refractivity contribution < 1.29 is 24.2 Å². The lowest BCUT2D eigenvalue weighted by Crippen LogP contribution is -2.22. The molecule has 1 aromatic carbocycles. The van der Waals surface area contributed by atoms with E-state index >= 15 is 0 Å². The zero-order valence-electron chi connectivity index (χ0n) is 11.0. The Balaban J connectivity index is 2.05. The highest BCUT2D eigenvalue weighted by atomic mass is 35.5. The number of carboxylic acid groups (broad SMARTS) is 1. The first-order chi connectivity index (χ1) is 9.88. The van der Waals surface area contributed by atoms with Gasteiger partial charge in [0, 0.05) is 5.56 Å². The Hall–Kier alpha value is -2.47. The SMILES string of the molecule is Cc1oc(CNC(=O)c2ccc(O)c(Cl)c2)cc1C(=O)O. The van der Waals surface area contributed by atoms with Crippen molar-refractivity contribution in [1.29, 1.82) is 0 Å². The molecule has 2 aromatic rings. The number of rotatable bonds is 4. The fourth-order valence-corrected chi connectivity index (χ4v) is 1.94. The molecule has 0 aliphatic heterocycles. The number of carbonyl (C=O) groups is 2. The molecule has 0 bridgehead atoms. The third-order valence-electron chi connectivity index (χ3n) is 2.83. The molecule has 3 N–H and O–H groups in total. The van der Waals surface area contributed by atoms with Gasteiger partial charge in [-0.3, -0.25) is 4.79 Å². The van der Waals surface area contributed by atoms with Crippen molar-refractivity contribution in [3.63, 3.8) is 0 Å². The van der Waals surface area contributed by atoms with Crippen LogP contribution in [0.2, 0.25) is 5.02 Å². The van der Waals surface area contributed by atoms with Crippen LogP contribution in [-0.4, -0.2) is 22.1 Å². The van der Waals surface area contributed by atoms with Crippen molar-refractivity contribution in [3.8, 4) is 5.75 Å². The van der Waals surface area contributed by atoms with Gasteiger partial charge in [-0.05, 0) is 31.2 Å². The van der Waals surface area contributed by atoms with Crippen LogP contribution in [0.15, 0.2) is 28.7 Å². The molecule has 0 fully saturated rings. The van der Waals surface area contributed by atoms with E-state index in [-0.39, 0.29) is 34.2 Å². The van der Waals surface area contributed by atoms with Crippen molar-refractivity contribution in [3.05, 3.63) is 51.9 Å². The minimum atomic E-state index is -1.08. The molecular formula is C14H12ClNO5. The standard InChI is InChI=1S/C14H12ClNO5/c1-7-10(14(19)20)5-9(21-7)6-16-13(18)8-2-3-12(17)11(15)4-8/h2-5,17H,6H2,1H3,(H,16,18)(H,19,20). The van der Waals surface area contributed by atoms with E-state index in [2.05, 4.69) is 5.32 Å². The maximum atomic E-state index is 11.9. The highest BCUT2D eigenvalue weighted by molar-refractivity contribution is 6.32. The summed E-state index contributed by atoms with van der Waals surface area (Å²) in [6, 6.07) is 5.44. The number of benzene rings is 1. The molecule has 0 unspecified atom stereocenters. The third kappa shape index (κ3) is 3.35. The number of hydrogen-bond acceptors (Lipinski definition) is 4. The van der Waals surface area contributed by atoms with E-state index in [1.807, 2.05) is 0 Å². The number of carboxylic acids is 1. The second-order valence-electron chi connectivity index (χ2n) is 4.34. The van der Waals surface area contributed by atoms with Crippen LogP contribution in [0, 0.1) is 6.92 Å². The number of aromatic carboxylic acids is 1. The number of phenols is 1. The Bertz CT molecular complexity index is 707. The molecule has 0 spiro atoms. The first-order valence-corrected chi connectivity index (χ1v) is 6.35. The molecule has 0 atom stereocenters. The first kappa shape index (κ1) is 14.9. The number of hydrogen-bond donors (Lipinski definition) is 3. The Kier molecular flexibility index (Phi) is 4.18. The lowest BCUT2D eigenvalue weighted by Gasteiger charge is -2.04. The molecule has 7 heteroatoms. The summed E-state index contributed by atoms with van der Waals surface area (Å²) in [4.78, 5) is 22.8. The smallest absolute Gasteiger partial charge is 0.339 e. The zero-order valence-corrected chi connectivity index (χ0v) is 11.8. The zero-order chi connectivity index (χ0) is 15.6. The largest absolute Gasteiger partial charge is 0.506 e. The number of nitrogens with one attached hydrogen (secondary N) is 1. The Labute approximate surface area is 125 Å². The average Bonchev–Trinajstić information content (AvgIpc) is 2.80. The fraction of sp³-hybridized carbons (Fsp3) is 0.143. The van der Waals surface area contributed by atoms with Gasteiger partial charge in [-0.2, -0.15) is 0 Å².